The molecular formula is C19H16F3N3O3. The Morgan fingerprint density at radius 1 is 1.14 bits per heavy atom. The van der Waals surface area contributed by atoms with Gasteiger partial charge in [0.05, 0.1) is 17.4 Å². The molecule has 0 bridgehead atoms. The molecule has 0 unspecified atom stereocenters. The summed E-state index contributed by atoms with van der Waals surface area (Å²) in [4.78, 5) is 33.3. The van der Waals surface area contributed by atoms with Crippen LogP contribution in [0.25, 0.3) is 10.9 Å². The van der Waals surface area contributed by atoms with Crippen LogP contribution in [0.2, 0.25) is 0 Å². The first kappa shape index (κ1) is 19.4. The van der Waals surface area contributed by atoms with E-state index in [2.05, 4.69) is 14.7 Å². The van der Waals surface area contributed by atoms with Crippen LogP contribution in [0, 0.1) is 0 Å². The van der Waals surface area contributed by atoms with Crippen molar-refractivity contribution in [3.8, 4) is 5.75 Å². The van der Waals surface area contributed by atoms with Gasteiger partial charge < -0.3 is 14.6 Å². The van der Waals surface area contributed by atoms with Gasteiger partial charge in [-0.15, -0.1) is 13.2 Å². The third kappa shape index (κ3) is 4.48. The van der Waals surface area contributed by atoms with Crippen LogP contribution in [0.1, 0.15) is 23.1 Å². The molecule has 1 amide bonds. The molecule has 0 saturated carbocycles. The van der Waals surface area contributed by atoms with E-state index in [-0.39, 0.29) is 17.7 Å². The molecule has 2 aromatic carbocycles. The third-order valence-electron chi connectivity index (χ3n) is 4.01. The standard InChI is InChI=1S/C19H16F3N3O3/c1-2-25(11-16-23-15-6-4-3-5-14(15)17(26)24-16)18(27)12-7-9-13(10-8-12)28-19(20,21)22/h3-10H,2,11H2,1H3,(H,23,24,26). The summed E-state index contributed by atoms with van der Waals surface area (Å²) >= 11 is 0. The van der Waals surface area contributed by atoms with E-state index in [1.807, 2.05) is 0 Å². The lowest BCUT2D eigenvalue weighted by atomic mass is 10.2. The van der Waals surface area contributed by atoms with Gasteiger partial charge in [0.15, 0.2) is 0 Å². The molecule has 9 heteroatoms. The molecule has 3 aromatic rings. The predicted octanol–water partition coefficient (Wildman–Crippen LogP) is 3.48. The third-order valence-corrected chi connectivity index (χ3v) is 4.01. The van der Waals surface area contributed by atoms with Gasteiger partial charge in [0, 0.05) is 12.1 Å². The van der Waals surface area contributed by atoms with Gasteiger partial charge in [0.25, 0.3) is 11.5 Å². The zero-order chi connectivity index (χ0) is 20.3. The number of nitrogens with one attached hydrogen (secondary N) is 1. The summed E-state index contributed by atoms with van der Waals surface area (Å²) in [6, 6.07) is 11.5. The number of halogens is 3. The Kier molecular flexibility index (Phi) is 5.34. The van der Waals surface area contributed by atoms with Crippen molar-refractivity contribution in [3.63, 3.8) is 0 Å². The van der Waals surface area contributed by atoms with Crippen LogP contribution in [-0.2, 0) is 6.54 Å². The summed E-state index contributed by atoms with van der Waals surface area (Å²) in [6.45, 7) is 2.12. The molecule has 0 fully saturated rings. The number of H-pyrrole nitrogens is 1. The molecule has 0 radical (unpaired) electrons. The monoisotopic (exact) mass is 391 g/mol. The summed E-state index contributed by atoms with van der Waals surface area (Å²) < 4.78 is 40.5. The van der Waals surface area contributed by atoms with Crippen molar-refractivity contribution in [1.29, 1.82) is 0 Å². The van der Waals surface area contributed by atoms with Crippen LogP contribution in [-0.4, -0.2) is 33.7 Å². The van der Waals surface area contributed by atoms with E-state index in [1.165, 1.54) is 17.0 Å². The number of carbonyl (C=O) groups excluding carboxylic acids is 1. The molecule has 0 aliphatic carbocycles. The number of nitrogens with zero attached hydrogens (tertiary/aromatic N) is 2. The van der Waals surface area contributed by atoms with Crippen molar-refractivity contribution in [2.75, 3.05) is 6.54 Å². The second kappa shape index (κ2) is 7.71. The first-order valence-electron chi connectivity index (χ1n) is 8.40. The van der Waals surface area contributed by atoms with E-state index in [0.29, 0.717) is 23.3 Å². The number of alkyl halides is 3. The number of fused-ring (bicyclic) bond motifs is 1. The van der Waals surface area contributed by atoms with Crippen molar-refractivity contribution < 1.29 is 22.7 Å². The Balaban J connectivity index is 1.79. The van der Waals surface area contributed by atoms with E-state index in [1.54, 1.807) is 31.2 Å². The fourth-order valence-electron chi connectivity index (χ4n) is 2.70. The zero-order valence-electron chi connectivity index (χ0n) is 14.8. The maximum Gasteiger partial charge on any atom is 0.573 e. The molecule has 1 N–H and O–H groups in total. The summed E-state index contributed by atoms with van der Waals surface area (Å²) in [5.41, 5.74) is 0.399. The van der Waals surface area contributed by atoms with E-state index < -0.39 is 18.0 Å². The van der Waals surface area contributed by atoms with Crippen molar-refractivity contribution >= 4 is 16.8 Å². The number of aromatic nitrogens is 2. The number of amides is 1. The second-order valence-corrected chi connectivity index (χ2v) is 5.92. The van der Waals surface area contributed by atoms with Crippen molar-refractivity contribution in [1.82, 2.24) is 14.9 Å². The molecule has 1 aromatic heterocycles. The highest BCUT2D eigenvalue weighted by molar-refractivity contribution is 5.94. The number of hydrogen-bond donors (Lipinski definition) is 1. The summed E-state index contributed by atoms with van der Waals surface area (Å²) in [5.74, 6) is -0.500. The fourth-order valence-corrected chi connectivity index (χ4v) is 2.70. The van der Waals surface area contributed by atoms with E-state index >= 15 is 0 Å². The maximum atomic E-state index is 12.7. The van der Waals surface area contributed by atoms with Crippen LogP contribution in [0.3, 0.4) is 0 Å². The number of carbonyl (C=O) groups is 1. The van der Waals surface area contributed by atoms with Gasteiger partial charge in [0.2, 0.25) is 0 Å². The molecule has 0 saturated heterocycles. The number of ether oxygens (including phenoxy) is 1. The average molecular weight is 391 g/mol. The van der Waals surface area contributed by atoms with Crippen molar-refractivity contribution in [2.24, 2.45) is 0 Å². The van der Waals surface area contributed by atoms with Crippen LogP contribution in [0.5, 0.6) is 5.75 Å². The molecule has 146 valence electrons. The largest absolute Gasteiger partial charge is 0.573 e. The minimum Gasteiger partial charge on any atom is -0.406 e. The molecule has 28 heavy (non-hydrogen) atoms. The van der Waals surface area contributed by atoms with Crippen LogP contribution >= 0.6 is 0 Å². The first-order chi connectivity index (χ1) is 13.3. The molecular weight excluding hydrogens is 375 g/mol. The molecule has 0 atom stereocenters. The fraction of sp³-hybridized carbons (Fsp3) is 0.211. The Morgan fingerprint density at radius 2 is 1.82 bits per heavy atom. The quantitative estimate of drug-likeness (QED) is 0.723. The predicted molar refractivity (Wildman–Crippen MR) is 95.9 cm³/mol. The summed E-state index contributed by atoms with van der Waals surface area (Å²) in [5, 5.41) is 0.445. The first-order valence-corrected chi connectivity index (χ1v) is 8.40. The van der Waals surface area contributed by atoms with Gasteiger partial charge in [-0.1, -0.05) is 12.1 Å². The maximum absolute atomic E-state index is 12.7. The highest BCUT2D eigenvalue weighted by Crippen LogP contribution is 2.23. The van der Waals surface area contributed by atoms with Gasteiger partial charge in [-0.3, -0.25) is 9.59 Å². The van der Waals surface area contributed by atoms with Crippen LogP contribution in [0.4, 0.5) is 13.2 Å². The van der Waals surface area contributed by atoms with E-state index in [0.717, 1.165) is 12.1 Å². The Hall–Kier alpha value is -3.36. The van der Waals surface area contributed by atoms with Gasteiger partial charge >= 0.3 is 6.36 Å². The highest BCUT2D eigenvalue weighted by Gasteiger charge is 2.31. The molecule has 6 nitrogen and oxygen atoms in total. The summed E-state index contributed by atoms with van der Waals surface area (Å²) in [6.07, 6.45) is -4.80. The summed E-state index contributed by atoms with van der Waals surface area (Å²) in [7, 11) is 0. The zero-order valence-corrected chi connectivity index (χ0v) is 14.8. The lowest BCUT2D eigenvalue weighted by Crippen LogP contribution is -2.32. The topological polar surface area (TPSA) is 75.3 Å². The smallest absolute Gasteiger partial charge is 0.406 e. The number of para-hydroxylation sites is 1. The van der Waals surface area contributed by atoms with E-state index in [4.69, 9.17) is 0 Å². The second-order valence-electron chi connectivity index (χ2n) is 5.92. The molecule has 0 spiro atoms. The number of hydrogen-bond acceptors (Lipinski definition) is 4. The van der Waals surface area contributed by atoms with E-state index in [9.17, 15) is 22.8 Å². The Labute approximate surface area is 157 Å². The van der Waals surface area contributed by atoms with Crippen molar-refractivity contribution in [2.45, 2.75) is 19.8 Å². The van der Waals surface area contributed by atoms with Gasteiger partial charge in [-0.05, 0) is 43.3 Å². The molecule has 0 aliphatic rings. The van der Waals surface area contributed by atoms with Crippen LogP contribution < -0.4 is 10.3 Å². The van der Waals surface area contributed by atoms with Gasteiger partial charge in [0.1, 0.15) is 11.6 Å². The Bertz CT molecular complexity index is 1050. The molecule has 1 heterocycles. The lowest BCUT2D eigenvalue weighted by molar-refractivity contribution is -0.274. The molecule has 3 rings (SSSR count). The van der Waals surface area contributed by atoms with Crippen molar-refractivity contribution in [3.05, 3.63) is 70.3 Å². The van der Waals surface area contributed by atoms with Gasteiger partial charge in [-0.2, -0.15) is 0 Å². The SMILES string of the molecule is CCN(Cc1nc2ccccc2c(=O)[nH]1)C(=O)c1ccc(OC(F)(F)F)cc1. The molecule has 0 aliphatic heterocycles. The normalized spacial score (nSPS) is 11.4. The number of aromatic amines is 1. The van der Waals surface area contributed by atoms with Crippen LogP contribution in [0.15, 0.2) is 53.3 Å². The minimum atomic E-state index is -4.80. The number of rotatable bonds is 5. The van der Waals surface area contributed by atoms with Gasteiger partial charge in [-0.25, -0.2) is 4.98 Å². The Morgan fingerprint density at radius 3 is 2.46 bits per heavy atom. The highest BCUT2D eigenvalue weighted by atomic mass is 19.4. The minimum absolute atomic E-state index is 0.0518. The lowest BCUT2D eigenvalue weighted by Gasteiger charge is -2.20. The average Bonchev–Trinajstić information content (AvgIpc) is 2.65. The number of benzene rings is 2.